The van der Waals surface area contributed by atoms with Crippen LogP contribution in [0.25, 0.3) is 0 Å². The van der Waals surface area contributed by atoms with Gasteiger partial charge in [-0.2, -0.15) is 5.26 Å². The van der Waals surface area contributed by atoms with Gasteiger partial charge in [0.05, 0.1) is 12.7 Å². The minimum absolute atomic E-state index is 0.395. The molecule has 0 radical (unpaired) electrons. The Morgan fingerprint density at radius 1 is 1.67 bits per heavy atom. The van der Waals surface area contributed by atoms with E-state index in [1.165, 1.54) is 0 Å². The largest absolute Gasteiger partial charge is 0.378 e. The van der Waals surface area contributed by atoms with E-state index in [1.54, 1.807) is 0 Å². The van der Waals surface area contributed by atoms with E-state index in [0.717, 1.165) is 32.4 Å². The number of nitriles is 1. The van der Waals surface area contributed by atoms with Crippen LogP contribution >= 0.6 is 0 Å². The molecule has 1 aliphatic heterocycles. The van der Waals surface area contributed by atoms with Crippen molar-refractivity contribution in [1.29, 1.82) is 5.26 Å². The molecule has 0 aliphatic carbocycles. The monoisotopic (exact) mass is 168 g/mol. The van der Waals surface area contributed by atoms with Gasteiger partial charge in [0, 0.05) is 6.61 Å². The number of hydrogen-bond donors (Lipinski definition) is 1. The number of nitrogens with one attached hydrogen (secondary N) is 1. The van der Waals surface area contributed by atoms with Crippen LogP contribution in [0.3, 0.4) is 0 Å². The summed E-state index contributed by atoms with van der Waals surface area (Å²) in [6.07, 6.45) is 2.97. The van der Waals surface area contributed by atoms with Gasteiger partial charge >= 0.3 is 0 Å². The topological polar surface area (TPSA) is 45.0 Å². The molecular weight excluding hydrogens is 152 g/mol. The van der Waals surface area contributed by atoms with Crippen molar-refractivity contribution in [1.82, 2.24) is 5.32 Å². The van der Waals surface area contributed by atoms with Crippen LogP contribution in [0.5, 0.6) is 0 Å². The van der Waals surface area contributed by atoms with Crippen LogP contribution in [0.4, 0.5) is 0 Å². The van der Waals surface area contributed by atoms with Crippen molar-refractivity contribution in [2.24, 2.45) is 0 Å². The predicted octanol–water partition coefficient (Wildman–Crippen LogP) is 1.06. The van der Waals surface area contributed by atoms with Gasteiger partial charge in [0.2, 0.25) is 0 Å². The van der Waals surface area contributed by atoms with Crippen LogP contribution in [-0.2, 0) is 4.74 Å². The van der Waals surface area contributed by atoms with Crippen LogP contribution in [0, 0.1) is 11.3 Å². The Kier molecular flexibility index (Phi) is 3.51. The summed E-state index contributed by atoms with van der Waals surface area (Å²) in [6, 6.07) is 2.32. The molecule has 0 aromatic rings. The van der Waals surface area contributed by atoms with E-state index in [4.69, 9.17) is 10.00 Å². The number of rotatable bonds is 3. The molecule has 1 N–H and O–H groups in total. The van der Waals surface area contributed by atoms with Crippen molar-refractivity contribution >= 4 is 0 Å². The fraction of sp³-hybridized carbons (Fsp3) is 0.889. The lowest BCUT2D eigenvalue weighted by Crippen LogP contribution is -2.50. The Labute approximate surface area is 73.7 Å². The average Bonchev–Trinajstić information content (AvgIpc) is 2.16. The molecule has 12 heavy (non-hydrogen) atoms. The lowest BCUT2D eigenvalue weighted by atomic mass is 9.94. The van der Waals surface area contributed by atoms with E-state index >= 15 is 0 Å². The summed E-state index contributed by atoms with van der Waals surface area (Å²) in [7, 11) is 0. The number of ether oxygens (including phenoxy) is 1. The zero-order valence-corrected chi connectivity index (χ0v) is 7.60. The minimum atomic E-state index is -0.395. The molecule has 0 aromatic carbocycles. The van der Waals surface area contributed by atoms with Gasteiger partial charge in [0.25, 0.3) is 0 Å². The molecule has 0 bridgehead atoms. The van der Waals surface area contributed by atoms with E-state index in [0.29, 0.717) is 6.61 Å². The molecule has 1 rings (SSSR count). The Hall–Kier alpha value is -0.590. The standard InChI is InChI=1S/C9H16N2O/c1-2-5-11-9(7-10)4-3-6-12-8-9/h11H,2-6,8H2,1H3. The Morgan fingerprint density at radius 2 is 2.50 bits per heavy atom. The molecule has 1 aliphatic rings. The van der Waals surface area contributed by atoms with E-state index in [2.05, 4.69) is 18.3 Å². The van der Waals surface area contributed by atoms with Gasteiger partial charge in [-0.25, -0.2) is 0 Å². The maximum atomic E-state index is 8.98. The first kappa shape index (κ1) is 9.50. The highest BCUT2D eigenvalue weighted by Gasteiger charge is 2.31. The van der Waals surface area contributed by atoms with Crippen LogP contribution in [0.2, 0.25) is 0 Å². The molecule has 1 unspecified atom stereocenters. The fourth-order valence-electron chi connectivity index (χ4n) is 1.43. The first-order valence-corrected chi connectivity index (χ1v) is 4.57. The van der Waals surface area contributed by atoms with Crippen molar-refractivity contribution in [2.45, 2.75) is 31.7 Å². The minimum Gasteiger partial charge on any atom is -0.378 e. The molecule has 3 heteroatoms. The summed E-state index contributed by atoms with van der Waals surface area (Å²) < 4.78 is 5.29. The van der Waals surface area contributed by atoms with Gasteiger partial charge in [-0.1, -0.05) is 6.92 Å². The second-order valence-corrected chi connectivity index (χ2v) is 3.28. The summed E-state index contributed by atoms with van der Waals surface area (Å²) in [5, 5.41) is 12.2. The van der Waals surface area contributed by atoms with Gasteiger partial charge in [0.1, 0.15) is 5.54 Å². The fourth-order valence-corrected chi connectivity index (χ4v) is 1.43. The van der Waals surface area contributed by atoms with Crippen molar-refractivity contribution < 1.29 is 4.74 Å². The first-order valence-electron chi connectivity index (χ1n) is 4.57. The highest BCUT2D eigenvalue weighted by Crippen LogP contribution is 2.17. The summed E-state index contributed by atoms with van der Waals surface area (Å²) >= 11 is 0. The van der Waals surface area contributed by atoms with Crippen LogP contribution < -0.4 is 5.32 Å². The summed E-state index contributed by atoms with van der Waals surface area (Å²) in [5.74, 6) is 0. The Morgan fingerprint density at radius 3 is 3.00 bits per heavy atom. The quantitative estimate of drug-likeness (QED) is 0.685. The number of hydrogen-bond acceptors (Lipinski definition) is 3. The van der Waals surface area contributed by atoms with Gasteiger partial charge in [-0.05, 0) is 25.8 Å². The van der Waals surface area contributed by atoms with Crippen LogP contribution in [0.1, 0.15) is 26.2 Å². The predicted molar refractivity (Wildman–Crippen MR) is 46.7 cm³/mol. The normalized spacial score (nSPS) is 29.7. The van der Waals surface area contributed by atoms with E-state index in [-0.39, 0.29) is 0 Å². The molecule has 0 aromatic heterocycles. The van der Waals surface area contributed by atoms with Gasteiger partial charge in [-0.15, -0.1) is 0 Å². The van der Waals surface area contributed by atoms with E-state index in [1.807, 2.05) is 0 Å². The van der Waals surface area contributed by atoms with Crippen LogP contribution in [0.15, 0.2) is 0 Å². The second-order valence-electron chi connectivity index (χ2n) is 3.28. The maximum Gasteiger partial charge on any atom is 0.130 e. The third-order valence-electron chi connectivity index (χ3n) is 2.17. The first-order chi connectivity index (χ1) is 5.83. The third kappa shape index (κ3) is 2.20. The van der Waals surface area contributed by atoms with Crippen LogP contribution in [-0.4, -0.2) is 25.3 Å². The third-order valence-corrected chi connectivity index (χ3v) is 2.17. The molecule has 0 amide bonds. The average molecular weight is 168 g/mol. The zero-order valence-electron chi connectivity index (χ0n) is 7.60. The zero-order chi connectivity index (χ0) is 8.86. The molecule has 1 fully saturated rings. The molecule has 1 atom stereocenters. The molecule has 0 saturated carbocycles. The Bertz CT molecular complexity index is 168. The van der Waals surface area contributed by atoms with E-state index in [9.17, 15) is 0 Å². The molecule has 1 saturated heterocycles. The van der Waals surface area contributed by atoms with Crippen molar-refractivity contribution in [3.8, 4) is 6.07 Å². The van der Waals surface area contributed by atoms with E-state index < -0.39 is 5.54 Å². The van der Waals surface area contributed by atoms with Crippen molar-refractivity contribution in [3.05, 3.63) is 0 Å². The lowest BCUT2D eigenvalue weighted by molar-refractivity contribution is 0.0444. The molecular formula is C9H16N2O. The highest BCUT2D eigenvalue weighted by molar-refractivity contribution is 5.08. The smallest absolute Gasteiger partial charge is 0.130 e. The molecule has 1 heterocycles. The van der Waals surface area contributed by atoms with Gasteiger partial charge in [0.15, 0.2) is 0 Å². The number of nitrogens with zero attached hydrogens (tertiary/aromatic N) is 1. The van der Waals surface area contributed by atoms with Gasteiger partial charge in [-0.3, -0.25) is 5.32 Å². The maximum absolute atomic E-state index is 8.98. The second kappa shape index (κ2) is 4.44. The highest BCUT2D eigenvalue weighted by atomic mass is 16.5. The molecule has 68 valence electrons. The van der Waals surface area contributed by atoms with Crippen molar-refractivity contribution in [3.63, 3.8) is 0 Å². The molecule has 0 spiro atoms. The molecule has 3 nitrogen and oxygen atoms in total. The van der Waals surface area contributed by atoms with Gasteiger partial charge < -0.3 is 4.74 Å². The summed E-state index contributed by atoms with van der Waals surface area (Å²) in [6.45, 7) is 4.35. The van der Waals surface area contributed by atoms with Crippen molar-refractivity contribution in [2.75, 3.05) is 19.8 Å². The summed E-state index contributed by atoms with van der Waals surface area (Å²) in [5.41, 5.74) is -0.395. The Balaban J connectivity index is 2.44. The summed E-state index contributed by atoms with van der Waals surface area (Å²) in [4.78, 5) is 0. The lowest BCUT2D eigenvalue weighted by Gasteiger charge is -2.31. The SMILES string of the molecule is CCCNC1(C#N)CCCOC1.